The van der Waals surface area contributed by atoms with Crippen LogP contribution in [0.5, 0.6) is 0 Å². The third-order valence-electron chi connectivity index (χ3n) is 5.25. The van der Waals surface area contributed by atoms with Crippen LogP contribution in [0.2, 0.25) is 0 Å². The van der Waals surface area contributed by atoms with Crippen LogP contribution < -0.4 is 5.32 Å². The molecule has 1 saturated heterocycles. The van der Waals surface area contributed by atoms with Crippen LogP contribution in [0.25, 0.3) is 0 Å². The number of nitrogens with one attached hydrogen (secondary N) is 1. The van der Waals surface area contributed by atoms with Gasteiger partial charge in [-0.25, -0.2) is 0 Å². The quantitative estimate of drug-likeness (QED) is 0.370. The highest BCUT2D eigenvalue weighted by Gasteiger charge is 2.42. The average Bonchev–Trinajstić information content (AvgIpc) is 2.90. The number of aliphatic hydroxyl groups is 1. The zero-order valence-corrected chi connectivity index (χ0v) is 17.6. The first-order valence-electron chi connectivity index (χ1n) is 9.24. The lowest BCUT2D eigenvalue weighted by molar-refractivity contribution is -0.147. The summed E-state index contributed by atoms with van der Waals surface area (Å²) < 4.78 is 14.5. The molecule has 0 aromatic carbocycles. The van der Waals surface area contributed by atoms with E-state index in [0.717, 1.165) is 0 Å². The van der Waals surface area contributed by atoms with Crippen LogP contribution in [0.3, 0.4) is 0 Å². The van der Waals surface area contributed by atoms with Gasteiger partial charge in [0, 0.05) is 26.2 Å². The molecule has 10 nitrogen and oxygen atoms in total. The van der Waals surface area contributed by atoms with E-state index in [2.05, 4.69) is 5.32 Å². The molecule has 0 spiro atoms. The highest BCUT2D eigenvalue weighted by atomic mass is 16.5. The second kappa shape index (κ2) is 10.7. The molecular weight excluding hydrogens is 370 g/mol. The molecule has 0 aromatic rings. The number of aliphatic hydroxyl groups excluding tert-OH is 1. The largest absolute Gasteiger partial charge is 0.468 e. The fourth-order valence-electron chi connectivity index (χ4n) is 3.47. The molecule has 28 heavy (non-hydrogen) atoms. The first-order chi connectivity index (χ1) is 13.1. The Kier molecular flexibility index (Phi) is 9.28. The molecule has 0 aromatic heterocycles. The second-order valence-corrected chi connectivity index (χ2v) is 7.17. The molecule has 1 unspecified atom stereocenters. The van der Waals surface area contributed by atoms with Crippen LogP contribution in [-0.2, 0) is 28.6 Å². The van der Waals surface area contributed by atoms with E-state index in [1.807, 2.05) is 9.80 Å². The third kappa shape index (κ3) is 5.87. The van der Waals surface area contributed by atoms with Gasteiger partial charge < -0.3 is 19.3 Å². The standard InChI is InChI=1S/C18H33N3O7/c1-12(15(23)26-4)19-18(11-22)9-20(13(2)16(24)27-5)7-8-21(10-18)14(3)17(25)28-6/h12-14,19,22H,7-11H2,1-6H3/t12-,13-,14+,18?/m1/s1. The lowest BCUT2D eigenvalue weighted by Gasteiger charge is -2.40. The summed E-state index contributed by atoms with van der Waals surface area (Å²) in [5.41, 5.74) is -0.978. The Bertz CT molecular complexity index is 525. The van der Waals surface area contributed by atoms with Crippen molar-refractivity contribution in [2.75, 3.05) is 54.1 Å². The summed E-state index contributed by atoms with van der Waals surface area (Å²) in [7, 11) is 3.93. The van der Waals surface area contributed by atoms with Crippen LogP contribution >= 0.6 is 0 Å². The van der Waals surface area contributed by atoms with Crippen molar-refractivity contribution in [2.45, 2.75) is 44.4 Å². The summed E-state index contributed by atoms with van der Waals surface area (Å²) >= 11 is 0. The van der Waals surface area contributed by atoms with Gasteiger partial charge >= 0.3 is 17.9 Å². The van der Waals surface area contributed by atoms with E-state index < -0.39 is 41.6 Å². The van der Waals surface area contributed by atoms with Crippen molar-refractivity contribution >= 4 is 17.9 Å². The van der Waals surface area contributed by atoms with E-state index >= 15 is 0 Å². The summed E-state index contributed by atoms with van der Waals surface area (Å²) in [6.45, 7) is 6.23. The van der Waals surface area contributed by atoms with Crippen LogP contribution in [0.4, 0.5) is 0 Å². The van der Waals surface area contributed by atoms with Gasteiger partial charge in [-0.3, -0.25) is 29.5 Å². The molecule has 0 bridgehead atoms. The Labute approximate surface area is 166 Å². The van der Waals surface area contributed by atoms with Gasteiger partial charge in [0.25, 0.3) is 0 Å². The highest BCUT2D eigenvalue weighted by molar-refractivity contribution is 5.76. The summed E-state index contributed by atoms with van der Waals surface area (Å²) in [5, 5.41) is 13.4. The number of esters is 3. The van der Waals surface area contributed by atoms with Crippen LogP contribution in [0.15, 0.2) is 0 Å². The van der Waals surface area contributed by atoms with Gasteiger partial charge in [0.2, 0.25) is 0 Å². The van der Waals surface area contributed by atoms with Crippen molar-refractivity contribution in [3.05, 3.63) is 0 Å². The number of methoxy groups -OCH3 is 3. The zero-order valence-electron chi connectivity index (χ0n) is 17.6. The summed E-state index contributed by atoms with van der Waals surface area (Å²) in [6.07, 6.45) is 0. The molecule has 162 valence electrons. The normalized spacial score (nSPS) is 24.5. The van der Waals surface area contributed by atoms with Crippen molar-refractivity contribution in [3.63, 3.8) is 0 Å². The molecule has 10 heteroatoms. The minimum absolute atomic E-state index is 0.269. The average molecular weight is 403 g/mol. The van der Waals surface area contributed by atoms with Gasteiger partial charge in [0.15, 0.2) is 0 Å². The minimum Gasteiger partial charge on any atom is -0.468 e. The molecule has 1 aliphatic rings. The minimum atomic E-state index is -0.978. The molecule has 0 aliphatic carbocycles. The second-order valence-electron chi connectivity index (χ2n) is 7.17. The number of hydrogen-bond acceptors (Lipinski definition) is 10. The maximum atomic E-state index is 12.1. The van der Waals surface area contributed by atoms with Crippen molar-refractivity contribution in [3.8, 4) is 0 Å². The van der Waals surface area contributed by atoms with Crippen LogP contribution in [0.1, 0.15) is 20.8 Å². The predicted octanol–water partition coefficient (Wildman–Crippen LogP) is -1.39. The fraction of sp³-hybridized carbons (Fsp3) is 0.833. The Hall–Kier alpha value is -1.75. The molecule has 1 fully saturated rings. The van der Waals surface area contributed by atoms with E-state index in [1.54, 1.807) is 20.8 Å². The molecule has 0 saturated carbocycles. The summed E-state index contributed by atoms with van der Waals surface area (Å²) in [5.74, 6) is -1.28. The first-order valence-corrected chi connectivity index (χ1v) is 9.24. The van der Waals surface area contributed by atoms with Gasteiger partial charge in [-0.1, -0.05) is 0 Å². The molecule has 1 rings (SSSR count). The molecule has 2 N–H and O–H groups in total. The Morgan fingerprint density at radius 1 is 0.893 bits per heavy atom. The van der Waals surface area contributed by atoms with E-state index in [-0.39, 0.29) is 19.7 Å². The maximum absolute atomic E-state index is 12.1. The smallest absolute Gasteiger partial charge is 0.322 e. The van der Waals surface area contributed by atoms with Gasteiger partial charge in [-0.2, -0.15) is 0 Å². The Balaban J connectivity index is 3.21. The molecule has 0 radical (unpaired) electrons. The monoisotopic (exact) mass is 403 g/mol. The van der Waals surface area contributed by atoms with Gasteiger partial charge in [-0.05, 0) is 20.8 Å². The lowest BCUT2D eigenvalue weighted by Crippen LogP contribution is -2.65. The molecule has 1 heterocycles. The van der Waals surface area contributed by atoms with E-state index in [1.165, 1.54) is 21.3 Å². The van der Waals surface area contributed by atoms with Crippen LogP contribution in [-0.4, -0.2) is 111 Å². The van der Waals surface area contributed by atoms with Crippen molar-refractivity contribution < 1.29 is 33.7 Å². The Morgan fingerprint density at radius 2 is 1.29 bits per heavy atom. The SMILES string of the molecule is COC(=O)[C@@H](C)N1CCN([C@@H](C)C(=O)OC)CC(CO)(N[C@H](C)C(=O)OC)C1. The van der Waals surface area contributed by atoms with Crippen molar-refractivity contribution in [1.82, 2.24) is 15.1 Å². The van der Waals surface area contributed by atoms with E-state index in [4.69, 9.17) is 14.2 Å². The van der Waals surface area contributed by atoms with Crippen molar-refractivity contribution in [1.29, 1.82) is 0 Å². The zero-order chi connectivity index (χ0) is 21.5. The molecular formula is C18H33N3O7. The highest BCUT2D eigenvalue weighted by Crippen LogP contribution is 2.20. The number of carbonyl (C=O) groups excluding carboxylic acids is 3. The third-order valence-corrected chi connectivity index (χ3v) is 5.25. The molecule has 1 aliphatic heterocycles. The number of ether oxygens (including phenoxy) is 3. The first kappa shape index (κ1) is 24.3. The molecule has 4 atom stereocenters. The van der Waals surface area contributed by atoms with E-state index in [9.17, 15) is 19.5 Å². The lowest BCUT2D eigenvalue weighted by atomic mass is 9.96. The van der Waals surface area contributed by atoms with Gasteiger partial charge in [0.1, 0.15) is 18.1 Å². The number of hydrogen-bond donors (Lipinski definition) is 2. The number of nitrogens with zero attached hydrogens (tertiary/aromatic N) is 2. The van der Waals surface area contributed by atoms with Crippen LogP contribution in [0, 0.1) is 0 Å². The number of carbonyl (C=O) groups is 3. The van der Waals surface area contributed by atoms with Crippen molar-refractivity contribution in [2.24, 2.45) is 0 Å². The summed E-state index contributed by atoms with van der Waals surface area (Å²) in [6, 6.07) is -1.81. The maximum Gasteiger partial charge on any atom is 0.322 e. The van der Waals surface area contributed by atoms with Gasteiger partial charge in [-0.15, -0.1) is 0 Å². The Morgan fingerprint density at radius 3 is 1.61 bits per heavy atom. The number of rotatable bonds is 8. The molecule has 0 amide bonds. The predicted molar refractivity (Wildman–Crippen MR) is 101 cm³/mol. The summed E-state index contributed by atoms with van der Waals surface area (Å²) in [4.78, 5) is 39.8. The van der Waals surface area contributed by atoms with E-state index in [0.29, 0.717) is 13.1 Å². The topological polar surface area (TPSA) is 118 Å². The van der Waals surface area contributed by atoms with Gasteiger partial charge in [0.05, 0.1) is 33.5 Å². The fourth-order valence-corrected chi connectivity index (χ4v) is 3.47.